The van der Waals surface area contributed by atoms with E-state index in [0.717, 1.165) is 30.7 Å². The Morgan fingerprint density at radius 2 is 1.82 bits per heavy atom. The Balaban J connectivity index is 1.65. The molecule has 2 aromatic rings. The maximum Gasteiger partial charge on any atom is 0.258 e. The number of carbonyl (C=O) groups is 1. The van der Waals surface area contributed by atoms with E-state index < -0.39 is 18.1 Å². The van der Waals surface area contributed by atoms with Crippen LogP contribution >= 0.6 is 0 Å². The molecule has 152 valence electrons. The van der Waals surface area contributed by atoms with Gasteiger partial charge in [-0.2, -0.15) is 0 Å². The summed E-state index contributed by atoms with van der Waals surface area (Å²) in [6.07, 6.45) is 1.11. The van der Waals surface area contributed by atoms with Gasteiger partial charge in [0.2, 0.25) is 0 Å². The molecule has 2 atom stereocenters. The number of aliphatic hydroxyl groups excluding tert-OH is 1. The lowest BCUT2D eigenvalue weighted by molar-refractivity contribution is -0.125. The predicted molar refractivity (Wildman–Crippen MR) is 109 cm³/mol. The van der Waals surface area contributed by atoms with Crippen LogP contribution in [-0.2, 0) is 11.2 Å². The van der Waals surface area contributed by atoms with Gasteiger partial charge in [-0.3, -0.25) is 4.79 Å². The van der Waals surface area contributed by atoms with Crippen molar-refractivity contribution in [2.45, 2.75) is 38.4 Å². The van der Waals surface area contributed by atoms with Crippen LogP contribution in [0.15, 0.2) is 54.6 Å². The van der Waals surface area contributed by atoms with Crippen LogP contribution in [0.1, 0.15) is 25.3 Å². The first-order chi connectivity index (χ1) is 13.6. The SMILES string of the molecule is CCCC(Oc1ccc(CCNCC(O)COc2ccccc2)cc1)C(N)=O. The van der Waals surface area contributed by atoms with Crippen LogP contribution in [0.4, 0.5) is 0 Å². The molecule has 2 unspecified atom stereocenters. The Hall–Kier alpha value is -2.57. The molecule has 0 spiro atoms. The van der Waals surface area contributed by atoms with Crippen molar-refractivity contribution in [3.05, 3.63) is 60.2 Å². The molecule has 0 radical (unpaired) electrons. The molecular formula is C22H30N2O4. The quantitative estimate of drug-likeness (QED) is 0.459. The highest BCUT2D eigenvalue weighted by molar-refractivity contribution is 5.79. The van der Waals surface area contributed by atoms with Gasteiger partial charge in [-0.1, -0.05) is 43.7 Å². The largest absolute Gasteiger partial charge is 0.491 e. The second kappa shape index (κ2) is 12.0. The zero-order chi connectivity index (χ0) is 20.2. The summed E-state index contributed by atoms with van der Waals surface area (Å²) >= 11 is 0. The number of benzene rings is 2. The Morgan fingerprint density at radius 3 is 2.46 bits per heavy atom. The van der Waals surface area contributed by atoms with Crippen molar-refractivity contribution < 1.29 is 19.4 Å². The highest BCUT2D eigenvalue weighted by atomic mass is 16.5. The average Bonchev–Trinajstić information content (AvgIpc) is 2.71. The van der Waals surface area contributed by atoms with Crippen molar-refractivity contribution >= 4 is 5.91 Å². The van der Waals surface area contributed by atoms with E-state index in [1.807, 2.05) is 61.5 Å². The molecule has 6 nitrogen and oxygen atoms in total. The van der Waals surface area contributed by atoms with Gasteiger partial charge >= 0.3 is 0 Å². The molecule has 2 rings (SSSR count). The molecule has 4 N–H and O–H groups in total. The summed E-state index contributed by atoms with van der Waals surface area (Å²) in [5.74, 6) is 0.953. The lowest BCUT2D eigenvalue weighted by Gasteiger charge is -2.15. The van der Waals surface area contributed by atoms with E-state index in [9.17, 15) is 9.90 Å². The summed E-state index contributed by atoms with van der Waals surface area (Å²) in [6.45, 7) is 3.44. The fraction of sp³-hybridized carbons (Fsp3) is 0.409. The number of carbonyl (C=O) groups excluding carboxylic acids is 1. The molecule has 0 fully saturated rings. The van der Waals surface area contributed by atoms with Gasteiger partial charge in [-0.25, -0.2) is 0 Å². The van der Waals surface area contributed by atoms with Gasteiger partial charge in [0.15, 0.2) is 6.10 Å². The van der Waals surface area contributed by atoms with E-state index in [4.69, 9.17) is 15.2 Å². The minimum Gasteiger partial charge on any atom is -0.491 e. The van der Waals surface area contributed by atoms with Gasteiger partial charge in [-0.05, 0) is 49.2 Å². The van der Waals surface area contributed by atoms with Gasteiger partial charge in [0.25, 0.3) is 5.91 Å². The third kappa shape index (κ3) is 7.98. The summed E-state index contributed by atoms with van der Waals surface area (Å²) in [5.41, 5.74) is 6.50. The number of nitrogens with one attached hydrogen (secondary N) is 1. The van der Waals surface area contributed by atoms with E-state index in [2.05, 4.69) is 5.32 Å². The smallest absolute Gasteiger partial charge is 0.258 e. The molecule has 0 heterocycles. The number of hydrogen-bond donors (Lipinski definition) is 3. The number of amides is 1. The second-order valence-electron chi connectivity index (χ2n) is 6.67. The standard InChI is InChI=1S/C22H30N2O4/c1-2-6-21(22(23)26)28-20-11-9-17(10-12-20)13-14-24-15-18(25)16-27-19-7-4-3-5-8-19/h3-5,7-12,18,21,24-25H,2,6,13-16H2,1H3,(H2,23,26). The Morgan fingerprint density at radius 1 is 1.11 bits per heavy atom. The molecule has 28 heavy (non-hydrogen) atoms. The first-order valence-electron chi connectivity index (χ1n) is 9.70. The fourth-order valence-electron chi connectivity index (χ4n) is 2.69. The fourth-order valence-corrected chi connectivity index (χ4v) is 2.69. The maximum atomic E-state index is 11.4. The molecule has 0 saturated carbocycles. The molecule has 0 bridgehead atoms. The maximum absolute atomic E-state index is 11.4. The van der Waals surface area contributed by atoms with Gasteiger partial charge in [-0.15, -0.1) is 0 Å². The number of aliphatic hydroxyl groups is 1. The summed E-state index contributed by atoms with van der Waals surface area (Å²) in [6, 6.07) is 17.1. The molecule has 1 amide bonds. The van der Waals surface area contributed by atoms with Gasteiger partial charge < -0.3 is 25.6 Å². The van der Waals surface area contributed by atoms with Crippen molar-refractivity contribution in [2.75, 3.05) is 19.7 Å². The summed E-state index contributed by atoms with van der Waals surface area (Å²) in [4.78, 5) is 11.4. The predicted octanol–water partition coefficient (Wildman–Crippen LogP) is 2.29. The number of rotatable bonds is 13. The van der Waals surface area contributed by atoms with Crippen LogP contribution in [0.5, 0.6) is 11.5 Å². The van der Waals surface area contributed by atoms with Crippen LogP contribution in [0.2, 0.25) is 0 Å². The van der Waals surface area contributed by atoms with E-state index in [1.165, 1.54) is 0 Å². The topological polar surface area (TPSA) is 93.8 Å². The first-order valence-corrected chi connectivity index (χ1v) is 9.70. The Bertz CT molecular complexity index is 691. The van der Waals surface area contributed by atoms with Crippen LogP contribution in [0, 0.1) is 0 Å². The van der Waals surface area contributed by atoms with E-state index in [0.29, 0.717) is 18.7 Å². The van der Waals surface area contributed by atoms with Crippen LogP contribution < -0.4 is 20.5 Å². The Kier molecular flexibility index (Phi) is 9.31. The summed E-state index contributed by atoms with van der Waals surface area (Å²) < 4.78 is 11.2. The third-order valence-corrected chi connectivity index (χ3v) is 4.23. The third-order valence-electron chi connectivity index (χ3n) is 4.23. The highest BCUT2D eigenvalue weighted by Crippen LogP contribution is 2.16. The van der Waals surface area contributed by atoms with Crippen LogP contribution in [0.25, 0.3) is 0 Å². The minimum atomic E-state index is -0.586. The number of nitrogens with two attached hydrogens (primary N) is 1. The average molecular weight is 386 g/mol. The number of ether oxygens (including phenoxy) is 2. The second-order valence-corrected chi connectivity index (χ2v) is 6.67. The molecule has 0 aromatic heterocycles. The molecule has 6 heteroatoms. The van der Waals surface area contributed by atoms with E-state index in [-0.39, 0.29) is 6.61 Å². The van der Waals surface area contributed by atoms with E-state index >= 15 is 0 Å². The van der Waals surface area contributed by atoms with Gasteiger partial charge in [0.05, 0.1) is 0 Å². The zero-order valence-corrected chi connectivity index (χ0v) is 16.3. The summed E-state index contributed by atoms with van der Waals surface area (Å²) in [5, 5.41) is 13.2. The zero-order valence-electron chi connectivity index (χ0n) is 16.3. The van der Waals surface area contributed by atoms with Crippen molar-refractivity contribution in [1.29, 1.82) is 0 Å². The molecule has 0 aliphatic carbocycles. The number of hydrogen-bond acceptors (Lipinski definition) is 5. The molecule has 0 saturated heterocycles. The number of primary amides is 1. The number of para-hydroxylation sites is 1. The Labute approximate surface area is 166 Å². The molecule has 0 aliphatic heterocycles. The van der Waals surface area contributed by atoms with Crippen molar-refractivity contribution in [3.63, 3.8) is 0 Å². The van der Waals surface area contributed by atoms with Gasteiger partial charge in [0, 0.05) is 6.54 Å². The lowest BCUT2D eigenvalue weighted by atomic mass is 10.1. The van der Waals surface area contributed by atoms with Crippen LogP contribution in [-0.4, -0.2) is 42.9 Å². The first kappa shape index (κ1) is 21.7. The highest BCUT2D eigenvalue weighted by Gasteiger charge is 2.15. The van der Waals surface area contributed by atoms with Gasteiger partial charge in [0.1, 0.15) is 24.2 Å². The molecule has 2 aromatic carbocycles. The van der Waals surface area contributed by atoms with Crippen LogP contribution in [0.3, 0.4) is 0 Å². The van der Waals surface area contributed by atoms with Crippen molar-refractivity contribution in [2.24, 2.45) is 5.73 Å². The molecule has 0 aliphatic rings. The monoisotopic (exact) mass is 386 g/mol. The van der Waals surface area contributed by atoms with Crippen molar-refractivity contribution in [1.82, 2.24) is 5.32 Å². The lowest BCUT2D eigenvalue weighted by Crippen LogP contribution is -2.33. The molecular weight excluding hydrogens is 356 g/mol. The van der Waals surface area contributed by atoms with Crippen molar-refractivity contribution in [3.8, 4) is 11.5 Å². The summed E-state index contributed by atoms with van der Waals surface area (Å²) in [7, 11) is 0. The minimum absolute atomic E-state index is 0.252. The van der Waals surface area contributed by atoms with E-state index in [1.54, 1.807) is 0 Å². The normalized spacial score (nSPS) is 12.9.